The number of benzene rings is 1. The van der Waals surface area contributed by atoms with Crippen LogP contribution in [0.25, 0.3) is 0 Å². The van der Waals surface area contributed by atoms with Crippen molar-refractivity contribution in [3.05, 3.63) is 77.6 Å². The minimum absolute atomic E-state index is 0.248. The van der Waals surface area contributed by atoms with Crippen LogP contribution in [-0.4, -0.2) is 15.4 Å². The first-order valence-corrected chi connectivity index (χ1v) is 7.49. The Balaban J connectivity index is 2.33. The van der Waals surface area contributed by atoms with Crippen molar-refractivity contribution in [2.75, 3.05) is 0 Å². The van der Waals surface area contributed by atoms with Crippen molar-refractivity contribution in [1.29, 1.82) is 0 Å². The number of aryl methyl sites for hydroxylation is 2. The Bertz CT molecular complexity index is 878. The van der Waals surface area contributed by atoms with Gasteiger partial charge in [-0.3, -0.25) is 9.89 Å². The van der Waals surface area contributed by atoms with Crippen molar-refractivity contribution in [1.82, 2.24) is 15.4 Å². The van der Waals surface area contributed by atoms with Gasteiger partial charge in [0.25, 0.3) is 5.56 Å². The van der Waals surface area contributed by atoms with Crippen LogP contribution in [0.2, 0.25) is 0 Å². The Morgan fingerprint density at radius 3 is 2.41 bits per heavy atom. The van der Waals surface area contributed by atoms with Crippen LogP contribution in [0, 0.1) is 13.8 Å². The monoisotopic (exact) mass is 363 g/mol. The number of nitrogens with one attached hydrogen (secondary N) is 3. The number of rotatable bonds is 3. The topological polar surface area (TPSA) is 94.7 Å². The first-order valence-electron chi connectivity index (χ1n) is 6.69. The minimum Gasteiger partial charge on any atom is -0.339 e. The molecule has 2 aromatic heterocycles. The second-order valence-corrected chi connectivity index (χ2v) is 6.05. The van der Waals surface area contributed by atoms with E-state index < -0.39 is 11.5 Å². The van der Waals surface area contributed by atoms with Gasteiger partial charge in [-0.25, -0.2) is 9.95 Å². The van der Waals surface area contributed by atoms with Crippen molar-refractivity contribution >= 4 is 15.9 Å². The van der Waals surface area contributed by atoms with E-state index in [1.807, 2.05) is 24.3 Å². The van der Waals surface area contributed by atoms with Gasteiger partial charge in [-0.15, -0.1) is 0 Å². The van der Waals surface area contributed by atoms with Gasteiger partial charge >= 0.3 is 5.63 Å². The zero-order valence-corrected chi connectivity index (χ0v) is 13.6. The zero-order chi connectivity index (χ0) is 15.9. The van der Waals surface area contributed by atoms with Crippen LogP contribution in [0.1, 0.15) is 34.0 Å². The summed E-state index contributed by atoms with van der Waals surface area (Å²) in [5.74, 6) is -0.505. The molecule has 6 nitrogen and oxygen atoms in total. The molecule has 0 aliphatic rings. The van der Waals surface area contributed by atoms with E-state index in [-0.39, 0.29) is 5.56 Å². The van der Waals surface area contributed by atoms with Crippen LogP contribution in [0.3, 0.4) is 0 Å². The quantitative estimate of drug-likeness (QED) is 0.667. The molecule has 0 aliphatic carbocycles. The Morgan fingerprint density at radius 1 is 1.09 bits per heavy atom. The Morgan fingerprint density at radius 2 is 1.86 bits per heavy atom. The maximum absolute atomic E-state index is 12.2. The third kappa shape index (κ3) is 2.37. The summed E-state index contributed by atoms with van der Waals surface area (Å²) < 4.78 is 5.76. The van der Waals surface area contributed by atoms with E-state index in [4.69, 9.17) is 4.52 Å². The Hall–Kier alpha value is -2.28. The van der Waals surface area contributed by atoms with Crippen LogP contribution in [-0.2, 0) is 0 Å². The Kier molecular flexibility index (Phi) is 3.66. The molecule has 22 heavy (non-hydrogen) atoms. The Labute approximate surface area is 133 Å². The minimum atomic E-state index is -0.505. The van der Waals surface area contributed by atoms with E-state index in [9.17, 15) is 9.59 Å². The molecule has 2 heterocycles. The van der Waals surface area contributed by atoms with Gasteiger partial charge in [0.15, 0.2) is 0 Å². The summed E-state index contributed by atoms with van der Waals surface area (Å²) in [5.41, 5.74) is 2.35. The average Bonchev–Trinajstić information content (AvgIpc) is 2.97. The van der Waals surface area contributed by atoms with Gasteiger partial charge in [-0.05, 0) is 31.5 Å². The summed E-state index contributed by atoms with van der Waals surface area (Å²) in [5, 5.41) is 7.96. The van der Waals surface area contributed by atoms with Crippen LogP contribution in [0.15, 0.2) is 42.9 Å². The molecule has 1 aromatic carbocycles. The number of halogens is 1. The highest BCUT2D eigenvalue weighted by Gasteiger charge is 2.28. The summed E-state index contributed by atoms with van der Waals surface area (Å²) in [6, 6.07) is 7.53. The van der Waals surface area contributed by atoms with Gasteiger partial charge < -0.3 is 9.62 Å². The smallest absolute Gasteiger partial charge is 0.339 e. The van der Waals surface area contributed by atoms with E-state index in [1.165, 1.54) is 0 Å². The van der Waals surface area contributed by atoms with Gasteiger partial charge in [0, 0.05) is 10.2 Å². The molecule has 0 saturated carbocycles. The highest BCUT2D eigenvalue weighted by molar-refractivity contribution is 9.10. The molecule has 0 bridgehead atoms. The van der Waals surface area contributed by atoms with Gasteiger partial charge in [-0.1, -0.05) is 28.1 Å². The molecule has 114 valence electrons. The lowest BCUT2D eigenvalue weighted by Crippen LogP contribution is -2.19. The fourth-order valence-corrected chi connectivity index (χ4v) is 3.10. The lowest BCUT2D eigenvalue weighted by atomic mass is 9.85. The predicted molar refractivity (Wildman–Crippen MR) is 85.3 cm³/mol. The molecule has 0 radical (unpaired) electrons. The lowest BCUT2D eigenvalue weighted by Gasteiger charge is -2.15. The summed E-state index contributed by atoms with van der Waals surface area (Å²) in [7, 11) is 0. The van der Waals surface area contributed by atoms with Crippen molar-refractivity contribution in [2.24, 2.45) is 0 Å². The third-order valence-electron chi connectivity index (χ3n) is 3.69. The molecule has 0 aliphatic heterocycles. The number of H-pyrrole nitrogens is 3. The second kappa shape index (κ2) is 5.49. The predicted octanol–water partition coefficient (Wildman–Crippen LogP) is 2.54. The molecule has 3 aromatic rings. The molecule has 3 N–H and O–H groups in total. The third-order valence-corrected chi connectivity index (χ3v) is 4.19. The molecule has 1 atom stereocenters. The SMILES string of the molecule is Cc1[nH][nH]c(=O)c1[C@@H](c1cccc(Br)c1)c1c(C)[nH]oc1=O. The molecule has 0 unspecified atom stereocenters. The standard InChI is InChI=1S/C15H14BrN3O3/c1-7-11(14(20)18-17-7)13(9-4-3-5-10(16)6-9)12-8(2)19-22-15(12)21/h3-6,13,19H,1-2H3,(H2,17,18,20)/t13-/m1/s1. The van der Waals surface area contributed by atoms with Gasteiger partial charge in [0.1, 0.15) is 0 Å². The summed E-state index contributed by atoms with van der Waals surface area (Å²) in [4.78, 5) is 24.3. The fraction of sp³-hybridized carbons (Fsp3) is 0.200. The van der Waals surface area contributed by atoms with Gasteiger partial charge in [-0.2, -0.15) is 0 Å². The van der Waals surface area contributed by atoms with Crippen molar-refractivity contribution in [2.45, 2.75) is 19.8 Å². The molecule has 0 amide bonds. The maximum Gasteiger partial charge on any atom is 0.361 e. The molecular weight excluding hydrogens is 350 g/mol. The fourth-order valence-electron chi connectivity index (χ4n) is 2.69. The highest BCUT2D eigenvalue weighted by Crippen LogP contribution is 2.32. The number of hydrogen-bond acceptors (Lipinski definition) is 3. The van der Waals surface area contributed by atoms with Crippen LogP contribution in [0.5, 0.6) is 0 Å². The van der Waals surface area contributed by atoms with Gasteiger partial charge in [0.05, 0.1) is 22.7 Å². The summed E-state index contributed by atoms with van der Waals surface area (Å²) >= 11 is 3.43. The molecule has 3 rings (SSSR count). The second-order valence-electron chi connectivity index (χ2n) is 5.14. The van der Waals surface area contributed by atoms with E-state index in [1.54, 1.807) is 13.8 Å². The number of aromatic amines is 3. The van der Waals surface area contributed by atoms with Gasteiger partial charge in [0.2, 0.25) is 0 Å². The normalized spacial score (nSPS) is 12.5. The molecule has 0 saturated heterocycles. The van der Waals surface area contributed by atoms with Crippen molar-refractivity contribution < 1.29 is 4.52 Å². The maximum atomic E-state index is 12.2. The average molecular weight is 364 g/mol. The largest absolute Gasteiger partial charge is 0.361 e. The molecule has 0 spiro atoms. The molecular formula is C15H14BrN3O3. The van der Waals surface area contributed by atoms with E-state index in [2.05, 4.69) is 31.3 Å². The molecule has 0 fully saturated rings. The lowest BCUT2D eigenvalue weighted by molar-refractivity contribution is 0.386. The summed E-state index contributed by atoms with van der Waals surface area (Å²) in [6.45, 7) is 3.54. The molecule has 7 heteroatoms. The van der Waals surface area contributed by atoms with Crippen LogP contribution < -0.4 is 11.2 Å². The number of aromatic nitrogens is 3. The van der Waals surface area contributed by atoms with E-state index >= 15 is 0 Å². The van der Waals surface area contributed by atoms with Crippen molar-refractivity contribution in [3.63, 3.8) is 0 Å². The van der Waals surface area contributed by atoms with Crippen LogP contribution in [0.4, 0.5) is 0 Å². The number of hydrogen-bond donors (Lipinski definition) is 3. The first kappa shape index (κ1) is 14.6. The highest BCUT2D eigenvalue weighted by atomic mass is 79.9. The zero-order valence-electron chi connectivity index (χ0n) is 12.0. The van der Waals surface area contributed by atoms with Crippen molar-refractivity contribution in [3.8, 4) is 0 Å². The first-order chi connectivity index (χ1) is 10.5. The van der Waals surface area contributed by atoms with E-state index in [0.717, 1.165) is 10.0 Å². The summed E-state index contributed by atoms with van der Waals surface area (Å²) in [6.07, 6.45) is 0. The van der Waals surface area contributed by atoms with Crippen LogP contribution >= 0.6 is 15.9 Å². The van der Waals surface area contributed by atoms with E-state index in [0.29, 0.717) is 22.5 Å².